The number of amides is 2. The van der Waals surface area contributed by atoms with Gasteiger partial charge in [-0.15, -0.1) is 11.8 Å². The maximum absolute atomic E-state index is 12.3. The van der Waals surface area contributed by atoms with E-state index in [1.54, 1.807) is 12.4 Å². The van der Waals surface area contributed by atoms with Crippen molar-refractivity contribution in [2.24, 2.45) is 0 Å². The third kappa shape index (κ3) is 3.47. The Labute approximate surface area is 127 Å². The molecule has 0 aliphatic carbocycles. The Balaban J connectivity index is 2.04. The minimum atomic E-state index is -0.953. The molecule has 0 aromatic carbocycles. The minimum absolute atomic E-state index is 0.0823. The van der Waals surface area contributed by atoms with E-state index < -0.39 is 12.0 Å². The van der Waals surface area contributed by atoms with Crippen molar-refractivity contribution >= 4 is 23.8 Å². The molecule has 2 amide bonds. The van der Waals surface area contributed by atoms with Crippen LogP contribution in [0.5, 0.6) is 0 Å². The summed E-state index contributed by atoms with van der Waals surface area (Å²) in [5, 5.41) is 11.9. The predicted molar refractivity (Wildman–Crippen MR) is 81.0 cm³/mol. The van der Waals surface area contributed by atoms with Crippen molar-refractivity contribution in [1.29, 1.82) is 0 Å². The number of carbonyl (C=O) groups is 2. The van der Waals surface area contributed by atoms with Crippen LogP contribution in [0.3, 0.4) is 0 Å². The summed E-state index contributed by atoms with van der Waals surface area (Å²) in [6.07, 6.45) is 4.14. The molecule has 6 nitrogen and oxygen atoms in total. The van der Waals surface area contributed by atoms with E-state index in [0.717, 1.165) is 17.5 Å². The smallest absolute Gasteiger partial charge is 0.327 e. The molecule has 0 radical (unpaired) electrons. The summed E-state index contributed by atoms with van der Waals surface area (Å²) in [6.45, 7) is 4.25. The topological polar surface area (TPSA) is 82.5 Å². The first-order valence-electron chi connectivity index (χ1n) is 6.84. The lowest BCUT2D eigenvalue weighted by molar-refractivity contribution is -0.141. The Bertz CT molecular complexity index is 538. The van der Waals surface area contributed by atoms with Crippen molar-refractivity contribution < 1.29 is 14.7 Å². The highest BCUT2D eigenvalue weighted by Gasteiger charge is 2.40. The van der Waals surface area contributed by atoms with Gasteiger partial charge in [-0.05, 0) is 30.5 Å². The molecule has 1 aromatic heterocycles. The van der Waals surface area contributed by atoms with Crippen LogP contribution >= 0.6 is 11.8 Å². The zero-order valence-electron chi connectivity index (χ0n) is 12.1. The Morgan fingerprint density at radius 2 is 2.33 bits per heavy atom. The van der Waals surface area contributed by atoms with Gasteiger partial charge in [-0.25, -0.2) is 9.59 Å². The number of pyridine rings is 1. The molecule has 2 unspecified atom stereocenters. The monoisotopic (exact) mass is 309 g/mol. The first kappa shape index (κ1) is 15.6. The second kappa shape index (κ2) is 6.80. The quantitative estimate of drug-likeness (QED) is 0.887. The maximum Gasteiger partial charge on any atom is 0.327 e. The number of aryl methyl sites for hydroxylation is 1. The molecule has 2 rings (SSSR count). The van der Waals surface area contributed by atoms with Gasteiger partial charge in [0.25, 0.3) is 0 Å². The Morgan fingerprint density at radius 1 is 1.57 bits per heavy atom. The van der Waals surface area contributed by atoms with Crippen LogP contribution in [-0.2, 0) is 11.3 Å². The second-order valence-electron chi connectivity index (χ2n) is 4.92. The fraction of sp³-hybridized carbons (Fsp3) is 0.500. The molecule has 114 valence electrons. The van der Waals surface area contributed by atoms with Crippen LogP contribution in [0.25, 0.3) is 0 Å². The Hall–Kier alpha value is -1.76. The molecule has 1 saturated heterocycles. The third-order valence-corrected chi connectivity index (χ3v) is 4.99. The Kier molecular flexibility index (Phi) is 5.06. The number of aliphatic carboxylic acids is 1. The van der Waals surface area contributed by atoms with Crippen molar-refractivity contribution in [2.75, 3.05) is 5.75 Å². The molecule has 1 fully saturated rings. The summed E-state index contributed by atoms with van der Waals surface area (Å²) in [6, 6.07) is 0.791. The van der Waals surface area contributed by atoms with Crippen molar-refractivity contribution in [3.8, 4) is 0 Å². The number of nitrogens with one attached hydrogen (secondary N) is 1. The van der Waals surface area contributed by atoms with Crippen LogP contribution in [-0.4, -0.2) is 44.2 Å². The molecule has 1 aliphatic rings. The maximum atomic E-state index is 12.3. The number of hydrogen-bond donors (Lipinski definition) is 2. The summed E-state index contributed by atoms with van der Waals surface area (Å²) in [4.78, 5) is 29.1. The summed E-state index contributed by atoms with van der Waals surface area (Å²) >= 11 is 1.51. The molecule has 2 heterocycles. The van der Waals surface area contributed by atoms with Gasteiger partial charge in [-0.2, -0.15) is 0 Å². The lowest BCUT2D eigenvalue weighted by Gasteiger charge is -2.26. The summed E-state index contributed by atoms with van der Waals surface area (Å²) in [5.74, 6) is -0.515. The Morgan fingerprint density at radius 3 is 2.95 bits per heavy atom. The van der Waals surface area contributed by atoms with Gasteiger partial charge >= 0.3 is 12.0 Å². The van der Waals surface area contributed by atoms with Crippen LogP contribution in [0.1, 0.15) is 24.5 Å². The first-order valence-corrected chi connectivity index (χ1v) is 7.89. The molecule has 0 saturated carbocycles. The average molecular weight is 309 g/mol. The van der Waals surface area contributed by atoms with Gasteiger partial charge in [0.1, 0.15) is 6.04 Å². The van der Waals surface area contributed by atoms with E-state index in [2.05, 4.69) is 10.3 Å². The van der Waals surface area contributed by atoms with Gasteiger partial charge in [0.15, 0.2) is 0 Å². The summed E-state index contributed by atoms with van der Waals surface area (Å²) in [5.41, 5.74) is 1.97. The number of urea groups is 1. The van der Waals surface area contributed by atoms with Crippen LogP contribution < -0.4 is 5.32 Å². The lowest BCUT2D eigenvalue weighted by atomic mass is 10.1. The van der Waals surface area contributed by atoms with E-state index in [-0.39, 0.29) is 11.4 Å². The summed E-state index contributed by atoms with van der Waals surface area (Å²) < 4.78 is 0. The van der Waals surface area contributed by atoms with Gasteiger partial charge in [-0.1, -0.05) is 6.92 Å². The SMILES string of the molecule is CCC1SCC(C(=O)O)N1C(=O)NCc1cnccc1C. The molecule has 21 heavy (non-hydrogen) atoms. The zero-order valence-corrected chi connectivity index (χ0v) is 12.9. The number of nitrogens with zero attached hydrogens (tertiary/aromatic N) is 2. The molecular formula is C14H19N3O3S. The van der Waals surface area contributed by atoms with E-state index in [4.69, 9.17) is 0 Å². The van der Waals surface area contributed by atoms with E-state index in [0.29, 0.717) is 12.3 Å². The van der Waals surface area contributed by atoms with E-state index >= 15 is 0 Å². The van der Waals surface area contributed by atoms with E-state index in [1.165, 1.54) is 16.7 Å². The van der Waals surface area contributed by atoms with Crippen molar-refractivity contribution in [1.82, 2.24) is 15.2 Å². The van der Waals surface area contributed by atoms with Gasteiger partial charge in [0.2, 0.25) is 0 Å². The number of hydrogen-bond acceptors (Lipinski definition) is 4. The summed E-state index contributed by atoms with van der Waals surface area (Å²) in [7, 11) is 0. The van der Waals surface area contributed by atoms with E-state index in [1.807, 2.05) is 19.9 Å². The standard InChI is InChI=1S/C14H19N3O3S/c1-3-12-17(11(8-21-12)13(18)19)14(20)16-7-10-6-15-5-4-9(10)2/h4-6,11-12H,3,7-8H2,1-2H3,(H,16,20)(H,18,19). The van der Waals surface area contributed by atoms with E-state index in [9.17, 15) is 14.7 Å². The highest BCUT2D eigenvalue weighted by Crippen LogP contribution is 2.31. The molecule has 0 bridgehead atoms. The third-order valence-electron chi connectivity index (χ3n) is 3.54. The number of carbonyl (C=O) groups excluding carboxylic acids is 1. The number of aromatic nitrogens is 1. The van der Waals surface area contributed by atoms with Gasteiger partial charge in [0.05, 0.1) is 5.37 Å². The van der Waals surface area contributed by atoms with Crippen LogP contribution in [0.2, 0.25) is 0 Å². The number of carboxylic acids is 1. The second-order valence-corrected chi connectivity index (χ2v) is 6.13. The zero-order chi connectivity index (χ0) is 15.4. The normalized spacial score (nSPS) is 21.3. The minimum Gasteiger partial charge on any atom is -0.480 e. The molecule has 1 aromatic rings. The van der Waals surface area contributed by atoms with Crippen molar-refractivity contribution in [2.45, 2.75) is 38.2 Å². The number of rotatable bonds is 4. The predicted octanol–water partition coefficient (Wildman–Crippen LogP) is 1.84. The molecule has 0 spiro atoms. The van der Waals surface area contributed by atoms with Crippen molar-refractivity contribution in [3.05, 3.63) is 29.6 Å². The molecule has 7 heteroatoms. The fourth-order valence-corrected chi connectivity index (χ4v) is 3.63. The van der Waals surface area contributed by atoms with Crippen molar-refractivity contribution in [3.63, 3.8) is 0 Å². The fourth-order valence-electron chi connectivity index (χ4n) is 2.28. The van der Waals surface area contributed by atoms with Crippen LogP contribution in [0.15, 0.2) is 18.5 Å². The van der Waals surface area contributed by atoms with Gasteiger partial charge in [0, 0.05) is 24.7 Å². The van der Waals surface area contributed by atoms with Gasteiger partial charge < -0.3 is 10.4 Å². The average Bonchev–Trinajstić information content (AvgIpc) is 2.90. The largest absolute Gasteiger partial charge is 0.480 e. The molecule has 2 atom stereocenters. The highest BCUT2D eigenvalue weighted by atomic mass is 32.2. The molecular weight excluding hydrogens is 290 g/mol. The van der Waals surface area contributed by atoms with Crippen LogP contribution in [0, 0.1) is 6.92 Å². The highest BCUT2D eigenvalue weighted by molar-refractivity contribution is 8.00. The number of carboxylic acid groups (broad SMARTS) is 1. The first-order chi connectivity index (χ1) is 10.0. The number of thioether (sulfide) groups is 1. The van der Waals surface area contributed by atoms with Gasteiger partial charge in [-0.3, -0.25) is 9.88 Å². The van der Waals surface area contributed by atoms with Crippen LogP contribution in [0.4, 0.5) is 4.79 Å². The lowest BCUT2D eigenvalue weighted by Crippen LogP contribution is -2.49. The molecule has 2 N–H and O–H groups in total. The molecule has 1 aliphatic heterocycles.